The molecule has 0 radical (unpaired) electrons. The van der Waals surface area contributed by atoms with Crippen LogP contribution in [0.25, 0.3) is 22.2 Å². The first-order valence-corrected chi connectivity index (χ1v) is 8.09. The Kier molecular flexibility index (Phi) is 3.27. The van der Waals surface area contributed by atoms with E-state index in [9.17, 15) is 0 Å². The lowest BCUT2D eigenvalue weighted by atomic mass is 9.82. The first-order chi connectivity index (χ1) is 10.4. The summed E-state index contributed by atoms with van der Waals surface area (Å²) < 4.78 is 0. The number of aromatic nitrogens is 1. The van der Waals surface area contributed by atoms with E-state index in [1.54, 1.807) is 5.56 Å². The predicted octanol–water partition coefficient (Wildman–Crippen LogP) is 5.88. The zero-order chi connectivity index (χ0) is 14.1. The van der Waals surface area contributed by atoms with E-state index in [4.69, 9.17) is 0 Å². The third-order valence-corrected chi connectivity index (χ3v) is 4.82. The van der Waals surface area contributed by atoms with Crippen molar-refractivity contribution >= 4 is 10.9 Å². The largest absolute Gasteiger partial charge is 0.354 e. The Morgan fingerprint density at radius 2 is 1.48 bits per heavy atom. The average Bonchev–Trinajstić information content (AvgIpc) is 2.96. The van der Waals surface area contributed by atoms with Crippen molar-refractivity contribution in [1.82, 2.24) is 4.98 Å². The molecule has 3 aromatic rings. The van der Waals surface area contributed by atoms with Crippen molar-refractivity contribution in [2.75, 3.05) is 0 Å². The minimum atomic E-state index is 0.713. The molecular weight excluding hydrogens is 254 g/mol. The highest BCUT2D eigenvalue weighted by Crippen LogP contribution is 2.41. The summed E-state index contributed by atoms with van der Waals surface area (Å²) in [5.74, 6) is 0.713. The SMILES string of the molecule is c1ccc(-c2[nH]c3ccccc3c2C2CCCCC2)cc1. The molecule has 0 aliphatic heterocycles. The Morgan fingerprint density at radius 1 is 0.762 bits per heavy atom. The number of benzene rings is 2. The van der Waals surface area contributed by atoms with Crippen LogP contribution in [0, 0.1) is 0 Å². The van der Waals surface area contributed by atoms with Crippen molar-refractivity contribution in [2.45, 2.75) is 38.0 Å². The Morgan fingerprint density at radius 3 is 2.29 bits per heavy atom. The number of hydrogen-bond donors (Lipinski definition) is 1. The van der Waals surface area contributed by atoms with Gasteiger partial charge in [-0.05, 0) is 36.0 Å². The standard InChI is InChI=1S/C20H21N/c1-3-9-15(10-4-1)19-17-13-7-8-14-18(17)21-20(19)16-11-5-2-6-12-16/h2,5-8,11-15,21H,1,3-4,9-10H2. The van der Waals surface area contributed by atoms with Crippen molar-refractivity contribution < 1.29 is 0 Å². The van der Waals surface area contributed by atoms with E-state index < -0.39 is 0 Å². The molecule has 0 spiro atoms. The van der Waals surface area contributed by atoms with Gasteiger partial charge < -0.3 is 4.98 Å². The summed E-state index contributed by atoms with van der Waals surface area (Å²) in [6.45, 7) is 0. The van der Waals surface area contributed by atoms with Gasteiger partial charge >= 0.3 is 0 Å². The summed E-state index contributed by atoms with van der Waals surface area (Å²) in [5.41, 5.74) is 5.48. The zero-order valence-electron chi connectivity index (χ0n) is 12.3. The lowest BCUT2D eigenvalue weighted by molar-refractivity contribution is 0.446. The highest BCUT2D eigenvalue weighted by atomic mass is 14.7. The van der Waals surface area contributed by atoms with Gasteiger partial charge in [-0.25, -0.2) is 0 Å². The third kappa shape index (κ3) is 2.27. The maximum absolute atomic E-state index is 3.68. The maximum Gasteiger partial charge on any atom is 0.0500 e. The average molecular weight is 275 g/mol. The lowest BCUT2D eigenvalue weighted by Crippen LogP contribution is -2.05. The van der Waals surface area contributed by atoms with E-state index in [1.165, 1.54) is 54.3 Å². The highest BCUT2D eigenvalue weighted by Gasteiger charge is 2.23. The van der Waals surface area contributed by atoms with Gasteiger partial charge in [0.15, 0.2) is 0 Å². The van der Waals surface area contributed by atoms with Crippen molar-refractivity contribution in [3.05, 3.63) is 60.2 Å². The number of nitrogens with one attached hydrogen (secondary N) is 1. The number of aromatic amines is 1. The first-order valence-electron chi connectivity index (χ1n) is 8.09. The van der Waals surface area contributed by atoms with Gasteiger partial charge in [0.05, 0.1) is 0 Å². The number of rotatable bonds is 2. The topological polar surface area (TPSA) is 15.8 Å². The molecule has 1 heteroatoms. The summed E-state index contributed by atoms with van der Waals surface area (Å²) in [5, 5.41) is 1.42. The molecule has 0 bridgehead atoms. The van der Waals surface area contributed by atoms with E-state index in [1.807, 2.05) is 0 Å². The number of H-pyrrole nitrogens is 1. The third-order valence-electron chi connectivity index (χ3n) is 4.82. The number of para-hydroxylation sites is 1. The molecule has 4 rings (SSSR count). The molecule has 0 saturated heterocycles. The van der Waals surface area contributed by atoms with Crippen LogP contribution < -0.4 is 0 Å². The summed E-state index contributed by atoms with van der Waals surface area (Å²) in [6, 6.07) is 19.6. The highest BCUT2D eigenvalue weighted by molar-refractivity contribution is 5.91. The molecule has 1 fully saturated rings. The van der Waals surface area contributed by atoms with Gasteiger partial charge in [-0.2, -0.15) is 0 Å². The van der Waals surface area contributed by atoms with Gasteiger partial charge in [-0.1, -0.05) is 67.8 Å². The van der Waals surface area contributed by atoms with Crippen molar-refractivity contribution in [1.29, 1.82) is 0 Å². The van der Waals surface area contributed by atoms with Crippen molar-refractivity contribution in [3.8, 4) is 11.3 Å². The first kappa shape index (κ1) is 12.7. The van der Waals surface area contributed by atoms with Crippen LogP contribution in [0.3, 0.4) is 0 Å². The molecule has 106 valence electrons. The Balaban J connectivity index is 1.92. The molecule has 0 amide bonds. The second kappa shape index (κ2) is 5.40. The second-order valence-electron chi connectivity index (χ2n) is 6.16. The van der Waals surface area contributed by atoms with E-state index in [2.05, 4.69) is 59.6 Å². The van der Waals surface area contributed by atoms with Gasteiger partial charge in [0.2, 0.25) is 0 Å². The summed E-state index contributed by atoms with van der Waals surface area (Å²) in [6.07, 6.45) is 6.82. The minimum Gasteiger partial charge on any atom is -0.354 e. The monoisotopic (exact) mass is 275 g/mol. The van der Waals surface area contributed by atoms with E-state index >= 15 is 0 Å². The molecule has 1 saturated carbocycles. The van der Waals surface area contributed by atoms with Gasteiger partial charge in [0.25, 0.3) is 0 Å². The molecule has 2 aromatic carbocycles. The fourth-order valence-corrected chi connectivity index (χ4v) is 3.81. The number of hydrogen-bond acceptors (Lipinski definition) is 0. The zero-order valence-corrected chi connectivity index (χ0v) is 12.3. The number of fused-ring (bicyclic) bond motifs is 1. The Labute approximate surface area is 126 Å². The van der Waals surface area contributed by atoms with Gasteiger partial charge in [-0.15, -0.1) is 0 Å². The van der Waals surface area contributed by atoms with Crippen LogP contribution in [0.5, 0.6) is 0 Å². The van der Waals surface area contributed by atoms with Gasteiger partial charge in [-0.3, -0.25) is 0 Å². The van der Waals surface area contributed by atoms with E-state index in [0.29, 0.717) is 5.92 Å². The maximum atomic E-state index is 3.68. The molecule has 1 heterocycles. The molecular formula is C20H21N. The Hall–Kier alpha value is -2.02. The molecule has 21 heavy (non-hydrogen) atoms. The normalized spacial score (nSPS) is 16.4. The van der Waals surface area contributed by atoms with E-state index in [-0.39, 0.29) is 0 Å². The van der Waals surface area contributed by atoms with Crippen LogP contribution in [0.4, 0.5) is 0 Å². The fraction of sp³-hybridized carbons (Fsp3) is 0.300. The molecule has 1 nitrogen and oxygen atoms in total. The van der Waals surface area contributed by atoms with Gasteiger partial charge in [0.1, 0.15) is 0 Å². The molecule has 0 atom stereocenters. The molecule has 0 unspecified atom stereocenters. The van der Waals surface area contributed by atoms with Crippen LogP contribution in [0.15, 0.2) is 54.6 Å². The second-order valence-corrected chi connectivity index (χ2v) is 6.16. The minimum absolute atomic E-state index is 0.713. The summed E-state index contributed by atoms with van der Waals surface area (Å²) in [4.78, 5) is 3.68. The quantitative estimate of drug-likeness (QED) is 0.601. The van der Waals surface area contributed by atoms with Crippen LogP contribution in [-0.4, -0.2) is 4.98 Å². The molecule has 1 aliphatic carbocycles. The summed E-state index contributed by atoms with van der Waals surface area (Å²) in [7, 11) is 0. The van der Waals surface area contributed by atoms with Gasteiger partial charge in [0, 0.05) is 16.6 Å². The van der Waals surface area contributed by atoms with Crippen LogP contribution in [-0.2, 0) is 0 Å². The predicted molar refractivity (Wildman–Crippen MR) is 89.6 cm³/mol. The van der Waals surface area contributed by atoms with Crippen molar-refractivity contribution in [3.63, 3.8) is 0 Å². The smallest absolute Gasteiger partial charge is 0.0500 e. The van der Waals surface area contributed by atoms with Crippen LogP contribution >= 0.6 is 0 Å². The molecule has 1 aliphatic rings. The molecule has 1 aromatic heterocycles. The Bertz CT molecular complexity index is 733. The van der Waals surface area contributed by atoms with Crippen LogP contribution in [0.1, 0.15) is 43.6 Å². The van der Waals surface area contributed by atoms with E-state index in [0.717, 1.165) is 0 Å². The lowest BCUT2D eigenvalue weighted by Gasteiger charge is -2.23. The van der Waals surface area contributed by atoms with Crippen molar-refractivity contribution in [2.24, 2.45) is 0 Å². The molecule has 1 N–H and O–H groups in total. The summed E-state index contributed by atoms with van der Waals surface area (Å²) >= 11 is 0. The van der Waals surface area contributed by atoms with Crippen LogP contribution in [0.2, 0.25) is 0 Å². The fourth-order valence-electron chi connectivity index (χ4n) is 3.81.